The molecule has 0 atom stereocenters. The van der Waals surface area contributed by atoms with Crippen molar-refractivity contribution in [3.8, 4) is 0 Å². The molecule has 104 valence electrons. The van der Waals surface area contributed by atoms with Crippen molar-refractivity contribution in [1.82, 2.24) is 0 Å². The summed E-state index contributed by atoms with van der Waals surface area (Å²) in [7, 11) is 0. The van der Waals surface area contributed by atoms with Gasteiger partial charge in [0.15, 0.2) is 0 Å². The molecule has 2 aromatic carbocycles. The summed E-state index contributed by atoms with van der Waals surface area (Å²) in [4.78, 5) is 0. The highest BCUT2D eigenvalue weighted by atomic mass is 14.0. The molecular formula is C20H24. The lowest BCUT2D eigenvalue weighted by atomic mass is 10.0. The predicted molar refractivity (Wildman–Crippen MR) is 89.0 cm³/mol. The molecule has 0 fully saturated rings. The van der Waals surface area contributed by atoms with Crippen LogP contribution in [0.4, 0.5) is 0 Å². The van der Waals surface area contributed by atoms with Crippen molar-refractivity contribution in [3.05, 3.63) is 76.9 Å². The van der Waals surface area contributed by atoms with Gasteiger partial charge in [0.1, 0.15) is 0 Å². The third-order valence-corrected chi connectivity index (χ3v) is 3.57. The first kappa shape index (κ1) is 14.6. The van der Waals surface area contributed by atoms with Crippen LogP contribution >= 0.6 is 0 Å². The summed E-state index contributed by atoms with van der Waals surface area (Å²) in [5.74, 6) is 0. The van der Waals surface area contributed by atoms with Crippen LogP contribution in [-0.2, 0) is 12.8 Å². The van der Waals surface area contributed by atoms with Crippen molar-refractivity contribution in [2.75, 3.05) is 0 Å². The SMILES string of the molecule is CCCC=Cc1ccc(CCc2ccc(C)cc2)cc1. The van der Waals surface area contributed by atoms with E-state index >= 15 is 0 Å². The molecule has 0 saturated heterocycles. The van der Waals surface area contributed by atoms with E-state index in [4.69, 9.17) is 0 Å². The van der Waals surface area contributed by atoms with Gasteiger partial charge in [0.2, 0.25) is 0 Å². The highest BCUT2D eigenvalue weighted by Gasteiger charge is 1.96. The molecule has 0 heterocycles. The maximum absolute atomic E-state index is 2.25. The summed E-state index contributed by atoms with van der Waals surface area (Å²) in [6, 6.07) is 17.8. The van der Waals surface area contributed by atoms with Crippen LogP contribution in [0.25, 0.3) is 6.08 Å². The Kier molecular flexibility index (Phi) is 5.61. The number of unbranched alkanes of at least 4 members (excludes halogenated alkanes) is 1. The molecule has 0 spiro atoms. The summed E-state index contributed by atoms with van der Waals surface area (Å²) < 4.78 is 0. The summed E-state index contributed by atoms with van der Waals surface area (Å²) in [6.07, 6.45) is 9.07. The van der Waals surface area contributed by atoms with Crippen LogP contribution in [0, 0.1) is 6.92 Å². The molecule has 0 amide bonds. The lowest BCUT2D eigenvalue weighted by Gasteiger charge is -2.03. The minimum Gasteiger partial charge on any atom is -0.0840 e. The zero-order valence-corrected chi connectivity index (χ0v) is 12.6. The van der Waals surface area contributed by atoms with Gasteiger partial charge in [-0.25, -0.2) is 0 Å². The van der Waals surface area contributed by atoms with Gasteiger partial charge in [-0.1, -0.05) is 79.6 Å². The lowest BCUT2D eigenvalue weighted by Crippen LogP contribution is -1.91. The second-order valence-electron chi connectivity index (χ2n) is 5.42. The Balaban J connectivity index is 1.89. The number of hydrogen-bond donors (Lipinski definition) is 0. The molecule has 0 N–H and O–H groups in total. The van der Waals surface area contributed by atoms with E-state index < -0.39 is 0 Å². The average Bonchev–Trinajstić information content (AvgIpc) is 2.48. The standard InChI is InChI=1S/C20H24/c1-3-4-5-6-18-11-13-20(14-12-18)16-15-19-9-7-17(2)8-10-19/h5-14H,3-4,15-16H2,1-2H3. The van der Waals surface area contributed by atoms with E-state index in [1.807, 2.05) is 0 Å². The topological polar surface area (TPSA) is 0 Å². The molecule has 0 aliphatic rings. The van der Waals surface area contributed by atoms with Crippen molar-refractivity contribution in [1.29, 1.82) is 0 Å². The molecule has 0 aromatic heterocycles. The van der Waals surface area contributed by atoms with Gasteiger partial charge in [-0.05, 0) is 42.9 Å². The highest BCUT2D eigenvalue weighted by Crippen LogP contribution is 2.11. The second kappa shape index (κ2) is 7.69. The average molecular weight is 264 g/mol. The first-order chi connectivity index (χ1) is 9.78. The van der Waals surface area contributed by atoms with E-state index in [9.17, 15) is 0 Å². The maximum Gasteiger partial charge on any atom is -0.0238 e. The second-order valence-corrected chi connectivity index (χ2v) is 5.42. The summed E-state index contributed by atoms with van der Waals surface area (Å²) in [6.45, 7) is 4.34. The first-order valence-corrected chi connectivity index (χ1v) is 7.59. The molecule has 2 rings (SSSR count). The van der Waals surface area contributed by atoms with Crippen molar-refractivity contribution < 1.29 is 0 Å². The number of benzene rings is 2. The maximum atomic E-state index is 2.25. The third kappa shape index (κ3) is 4.70. The lowest BCUT2D eigenvalue weighted by molar-refractivity contribution is 0.958. The van der Waals surface area contributed by atoms with Crippen LogP contribution in [-0.4, -0.2) is 0 Å². The minimum absolute atomic E-state index is 1.11. The van der Waals surface area contributed by atoms with Crippen molar-refractivity contribution in [2.24, 2.45) is 0 Å². The Bertz CT molecular complexity index is 529. The molecule has 2 aromatic rings. The Labute approximate surface area is 123 Å². The van der Waals surface area contributed by atoms with E-state index in [-0.39, 0.29) is 0 Å². The fourth-order valence-electron chi connectivity index (χ4n) is 2.22. The van der Waals surface area contributed by atoms with Crippen LogP contribution in [0.1, 0.15) is 42.0 Å². The largest absolute Gasteiger partial charge is 0.0840 e. The monoisotopic (exact) mass is 264 g/mol. The predicted octanol–water partition coefficient (Wildman–Crippen LogP) is 5.59. The smallest absolute Gasteiger partial charge is 0.0238 e. The number of hydrogen-bond acceptors (Lipinski definition) is 0. The van der Waals surface area contributed by atoms with Crippen LogP contribution in [0.15, 0.2) is 54.6 Å². The van der Waals surface area contributed by atoms with E-state index in [0.29, 0.717) is 0 Å². The van der Waals surface area contributed by atoms with E-state index in [0.717, 1.165) is 19.3 Å². The van der Waals surface area contributed by atoms with Crippen LogP contribution in [0.2, 0.25) is 0 Å². The fraction of sp³-hybridized carbons (Fsp3) is 0.300. The third-order valence-electron chi connectivity index (χ3n) is 3.57. The Morgan fingerprint density at radius 2 is 1.35 bits per heavy atom. The number of allylic oxidation sites excluding steroid dienone is 1. The number of aryl methyl sites for hydroxylation is 3. The Morgan fingerprint density at radius 1 is 0.800 bits per heavy atom. The van der Waals surface area contributed by atoms with Crippen molar-refractivity contribution >= 4 is 6.08 Å². The van der Waals surface area contributed by atoms with Gasteiger partial charge in [0, 0.05) is 0 Å². The van der Waals surface area contributed by atoms with Gasteiger partial charge in [0.05, 0.1) is 0 Å². The highest BCUT2D eigenvalue weighted by molar-refractivity contribution is 5.49. The quantitative estimate of drug-likeness (QED) is 0.637. The first-order valence-electron chi connectivity index (χ1n) is 7.59. The molecule has 0 heteroatoms. The molecule has 0 nitrogen and oxygen atoms in total. The van der Waals surface area contributed by atoms with Gasteiger partial charge in [-0.2, -0.15) is 0 Å². The van der Waals surface area contributed by atoms with E-state index in [1.165, 1.54) is 28.7 Å². The summed E-state index contributed by atoms with van der Waals surface area (Å²) >= 11 is 0. The van der Waals surface area contributed by atoms with Gasteiger partial charge in [-0.3, -0.25) is 0 Å². The van der Waals surface area contributed by atoms with Gasteiger partial charge < -0.3 is 0 Å². The van der Waals surface area contributed by atoms with Crippen LogP contribution in [0.3, 0.4) is 0 Å². The van der Waals surface area contributed by atoms with Gasteiger partial charge in [-0.15, -0.1) is 0 Å². The van der Waals surface area contributed by atoms with Gasteiger partial charge >= 0.3 is 0 Å². The Hall–Kier alpha value is -1.82. The zero-order valence-electron chi connectivity index (χ0n) is 12.6. The molecule has 20 heavy (non-hydrogen) atoms. The minimum atomic E-state index is 1.11. The summed E-state index contributed by atoms with van der Waals surface area (Å²) in [5.41, 5.74) is 5.47. The normalized spacial score (nSPS) is 11.1. The molecule has 0 aliphatic heterocycles. The van der Waals surface area contributed by atoms with E-state index in [1.54, 1.807) is 0 Å². The molecule has 0 aliphatic carbocycles. The molecular weight excluding hydrogens is 240 g/mol. The van der Waals surface area contributed by atoms with Crippen LogP contribution in [0.5, 0.6) is 0 Å². The van der Waals surface area contributed by atoms with Gasteiger partial charge in [0.25, 0.3) is 0 Å². The Morgan fingerprint density at radius 3 is 1.90 bits per heavy atom. The number of rotatable bonds is 6. The fourth-order valence-corrected chi connectivity index (χ4v) is 2.22. The zero-order chi connectivity index (χ0) is 14.2. The van der Waals surface area contributed by atoms with Crippen molar-refractivity contribution in [2.45, 2.75) is 39.5 Å². The molecule has 0 radical (unpaired) electrons. The molecule has 0 unspecified atom stereocenters. The molecule has 0 bridgehead atoms. The molecule has 0 saturated carbocycles. The van der Waals surface area contributed by atoms with Crippen LogP contribution < -0.4 is 0 Å². The van der Waals surface area contributed by atoms with Crippen molar-refractivity contribution in [3.63, 3.8) is 0 Å². The summed E-state index contributed by atoms with van der Waals surface area (Å²) in [5, 5.41) is 0. The van der Waals surface area contributed by atoms with E-state index in [2.05, 4.69) is 74.5 Å².